The Morgan fingerprint density at radius 3 is 2.14 bits per heavy atom. The van der Waals surface area contributed by atoms with E-state index >= 15 is 0 Å². The number of hydrogen-bond donors (Lipinski definition) is 0. The van der Waals surface area contributed by atoms with Gasteiger partial charge in [-0.1, -0.05) is 0 Å². The Morgan fingerprint density at radius 1 is 1.14 bits per heavy atom. The van der Waals surface area contributed by atoms with Crippen molar-refractivity contribution < 1.29 is 33.3 Å². The molecule has 1 amide bonds. The summed E-state index contributed by atoms with van der Waals surface area (Å²) in [5, 5.41) is 0. The number of ether oxygens (including phenoxy) is 4. The second-order valence-electron chi connectivity index (χ2n) is 5.94. The van der Waals surface area contributed by atoms with E-state index in [2.05, 4.69) is 0 Å². The smallest absolute Gasteiger partial charge is 0.413 e. The van der Waals surface area contributed by atoms with Crippen LogP contribution in [0.1, 0.15) is 34.1 Å². The lowest BCUT2D eigenvalue weighted by atomic mass is 10.2. The average molecular weight is 317 g/mol. The number of methoxy groups -OCH3 is 2. The number of amides is 1. The van der Waals surface area contributed by atoms with Crippen LogP contribution in [0.5, 0.6) is 0 Å². The molecule has 0 aromatic carbocycles. The first-order valence-electron chi connectivity index (χ1n) is 6.90. The SMILES string of the molecule is COC(=O)[C@@H]1CC(OC(C)=O)C(OC)N1C(=O)OC(C)(C)C. The molecule has 1 heterocycles. The highest BCUT2D eigenvalue weighted by Crippen LogP contribution is 2.30. The maximum Gasteiger partial charge on any atom is 0.413 e. The third-order valence-electron chi connectivity index (χ3n) is 3.02. The first-order valence-corrected chi connectivity index (χ1v) is 6.90. The minimum atomic E-state index is -0.936. The van der Waals surface area contributed by atoms with Crippen LogP contribution < -0.4 is 0 Å². The zero-order chi connectivity index (χ0) is 17.1. The summed E-state index contributed by atoms with van der Waals surface area (Å²) in [5.41, 5.74) is -0.741. The molecule has 8 nitrogen and oxygen atoms in total. The van der Waals surface area contributed by atoms with Gasteiger partial charge >= 0.3 is 18.0 Å². The molecule has 1 fully saturated rings. The van der Waals surface area contributed by atoms with Crippen LogP contribution >= 0.6 is 0 Å². The number of likely N-dealkylation sites (tertiary alicyclic amines) is 1. The second kappa shape index (κ2) is 6.95. The molecule has 0 spiro atoms. The summed E-state index contributed by atoms with van der Waals surface area (Å²) < 4.78 is 20.4. The molecule has 2 unspecified atom stereocenters. The van der Waals surface area contributed by atoms with Crippen LogP contribution in [-0.4, -0.2) is 61.1 Å². The molecule has 126 valence electrons. The fraction of sp³-hybridized carbons (Fsp3) is 0.786. The Bertz CT molecular complexity index is 443. The summed E-state index contributed by atoms with van der Waals surface area (Å²) in [5.74, 6) is -1.15. The number of hydrogen-bond acceptors (Lipinski definition) is 7. The van der Waals surface area contributed by atoms with Gasteiger partial charge in [0.05, 0.1) is 7.11 Å². The maximum absolute atomic E-state index is 12.4. The summed E-state index contributed by atoms with van der Waals surface area (Å²) in [6.45, 7) is 6.37. The highest BCUT2D eigenvalue weighted by molar-refractivity contribution is 5.82. The lowest BCUT2D eigenvalue weighted by molar-refractivity contribution is -0.157. The summed E-state index contributed by atoms with van der Waals surface area (Å²) in [7, 11) is 2.58. The number of nitrogens with zero attached hydrogens (tertiary/aromatic N) is 1. The summed E-state index contributed by atoms with van der Waals surface area (Å²) in [4.78, 5) is 36.6. The molecule has 0 aliphatic carbocycles. The number of rotatable bonds is 3. The van der Waals surface area contributed by atoms with Crippen LogP contribution in [0.3, 0.4) is 0 Å². The van der Waals surface area contributed by atoms with Crippen LogP contribution in [0.4, 0.5) is 4.79 Å². The van der Waals surface area contributed by atoms with E-state index in [4.69, 9.17) is 18.9 Å². The lowest BCUT2D eigenvalue weighted by Gasteiger charge is -2.31. The van der Waals surface area contributed by atoms with Crippen molar-refractivity contribution in [2.75, 3.05) is 14.2 Å². The van der Waals surface area contributed by atoms with Crippen molar-refractivity contribution in [2.24, 2.45) is 0 Å². The van der Waals surface area contributed by atoms with E-state index in [1.807, 2.05) is 0 Å². The van der Waals surface area contributed by atoms with Crippen LogP contribution in [0.2, 0.25) is 0 Å². The van der Waals surface area contributed by atoms with Gasteiger partial charge in [0, 0.05) is 20.5 Å². The standard InChI is InChI=1S/C14H23NO7/c1-8(16)21-10-7-9(12(17)20-6)15(11(10)19-5)13(18)22-14(2,3)4/h9-11H,7H2,1-6H3/t9-,10?,11?/m0/s1. The first kappa shape index (κ1) is 18.2. The Balaban J connectivity index is 3.06. The zero-order valence-electron chi connectivity index (χ0n) is 13.7. The second-order valence-corrected chi connectivity index (χ2v) is 5.94. The Hall–Kier alpha value is -1.83. The van der Waals surface area contributed by atoms with E-state index in [0.717, 1.165) is 4.90 Å². The van der Waals surface area contributed by atoms with Gasteiger partial charge in [0.1, 0.15) is 17.7 Å². The van der Waals surface area contributed by atoms with Gasteiger partial charge < -0.3 is 18.9 Å². The van der Waals surface area contributed by atoms with Gasteiger partial charge in [0.25, 0.3) is 0 Å². The third kappa shape index (κ3) is 4.33. The van der Waals surface area contributed by atoms with Gasteiger partial charge in [-0.15, -0.1) is 0 Å². The molecule has 8 heteroatoms. The quantitative estimate of drug-likeness (QED) is 0.568. The van der Waals surface area contributed by atoms with E-state index < -0.39 is 42.0 Å². The van der Waals surface area contributed by atoms with Crippen LogP contribution in [0.15, 0.2) is 0 Å². The average Bonchev–Trinajstić information content (AvgIpc) is 2.73. The Kier molecular flexibility index (Phi) is 5.76. The molecule has 22 heavy (non-hydrogen) atoms. The highest BCUT2D eigenvalue weighted by Gasteiger charge is 2.51. The molecule has 0 aromatic heterocycles. The topological polar surface area (TPSA) is 91.4 Å². The summed E-state index contributed by atoms with van der Waals surface area (Å²) >= 11 is 0. The molecule has 0 N–H and O–H groups in total. The van der Waals surface area contributed by atoms with Gasteiger partial charge in [0.2, 0.25) is 0 Å². The molecule has 0 radical (unpaired) electrons. The van der Waals surface area contributed by atoms with Gasteiger partial charge in [-0.05, 0) is 20.8 Å². The molecular formula is C14H23NO7. The molecular weight excluding hydrogens is 294 g/mol. The summed E-state index contributed by atoms with van der Waals surface area (Å²) in [6.07, 6.45) is -2.32. The molecule has 1 saturated heterocycles. The van der Waals surface area contributed by atoms with Crippen LogP contribution in [-0.2, 0) is 28.5 Å². The molecule has 1 rings (SSSR count). The van der Waals surface area contributed by atoms with Crippen molar-refractivity contribution in [3.8, 4) is 0 Å². The van der Waals surface area contributed by atoms with Crippen molar-refractivity contribution in [1.82, 2.24) is 4.90 Å². The van der Waals surface area contributed by atoms with Crippen molar-refractivity contribution >= 4 is 18.0 Å². The Morgan fingerprint density at radius 2 is 1.73 bits per heavy atom. The van der Waals surface area contributed by atoms with Crippen molar-refractivity contribution in [3.05, 3.63) is 0 Å². The van der Waals surface area contributed by atoms with Crippen molar-refractivity contribution in [2.45, 2.75) is 58.1 Å². The van der Waals surface area contributed by atoms with E-state index in [0.29, 0.717) is 0 Å². The van der Waals surface area contributed by atoms with E-state index in [9.17, 15) is 14.4 Å². The predicted molar refractivity (Wildman–Crippen MR) is 74.8 cm³/mol. The molecule has 3 atom stereocenters. The molecule has 1 aliphatic rings. The monoisotopic (exact) mass is 317 g/mol. The van der Waals surface area contributed by atoms with Crippen LogP contribution in [0.25, 0.3) is 0 Å². The van der Waals surface area contributed by atoms with E-state index in [1.54, 1.807) is 20.8 Å². The fourth-order valence-corrected chi connectivity index (χ4v) is 2.28. The van der Waals surface area contributed by atoms with Gasteiger partial charge in [-0.25, -0.2) is 9.59 Å². The van der Waals surface area contributed by atoms with Crippen molar-refractivity contribution in [1.29, 1.82) is 0 Å². The molecule has 0 saturated carbocycles. The predicted octanol–water partition coefficient (Wildman–Crippen LogP) is 1.07. The third-order valence-corrected chi connectivity index (χ3v) is 3.02. The van der Waals surface area contributed by atoms with Gasteiger partial charge in [0.15, 0.2) is 6.23 Å². The molecule has 1 aliphatic heterocycles. The first-order chi connectivity index (χ1) is 10.1. The molecule has 0 aromatic rings. The van der Waals surface area contributed by atoms with Gasteiger partial charge in [-0.3, -0.25) is 9.69 Å². The minimum Gasteiger partial charge on any atom is -0.467 e. The van der Waals surface area contributed by atoms with Crippen LogP contribution in [0, 0.1) is 0 Å². The number of carbonyl (C=O) groups is 3. The maximum atomic E-state index is 12.4. The largest absolute Gasteiger partial charge is 0.467 e. The lowest BCUT2D eigenvalue weighted by Crippen LogP contribution is -2.49. The van der Waals surface area contributed by atoms with E-state index in [-0.39, 0.29) is 6.42 Å². The zero-order valence-corrected chi connectivity index (χ0v) is 13.7. The normalized spacial score (nSPS) is 24.8. The van der Waals surface area contributed by atoms with Crippen molar-refractivity contribution in [3.63, 3.8) is 0 Å². The molecule has 0 bridgehead atoms. The summed E-state index contributed by atoms with van der Waals surface area (Å²) in [6, 6.07) is -0.936. The minimum absolute atomic E-state index is 0.0873. The van der Waals surface area contributed by atoms with E-state index in [1.165, 1.54) is 21.1 Å². The van der Waals surface area contributed by atoms with Gasteiger partial charge in [-0.2, -0.15) is 0 Å². The highest BCUT2D eigenvalue weighted by atomic mass is 16.6. The fourth-order valence-electron chi connectivity index (χ4n) is 2.28. The Labute approximate surface area is 129 Å². The number of carbonyl (C=O) groups excluding carboxylic acids is 3. The number of esters is 2.